The Balaban J connectivity index is 3.62. The van der Waals surface area contributed by atoms with E-state index < -0.39 is 11.9 Å². The van der Waals surface area contributed by atoms with E-state index in [2.05, 4.69) is 31.3 Å². The molecule has 4 nitrogen and oxygen atoms in total. The molecule has 0 aliphatic carbocycles. The lowest BCUT2D eigenvalue weighted by Gasteiger charge is -2.09. The maximum Gasteiger partial charge on any atom is 0.310 e. The minimum atomic E-state index is -0.912. The van der Waals surface area contributed by atoms with Crippen LogP contribution in [-0.2, 0) is 9.59 Å². The summed E-state index contributed by atoms with van der Waals surface area (Å²) in [6.45, 7) is 5.15. The van der Waals surface area contributed by atoms with Gasteiger partial charge in [0.05, 0.1) is 5.92 Å². The fourth-order valence-electron chi connectivity index (χ4n) is 4.77. The second-order valence-electron chi connectivity index (χ2n) is 11.1. The molecule has 2 N–H and O–H groups in total. The molecule has 0 aliphatic heterocycles. The first-order valence-electron chi connectivity index (χ1n) is 16.4. The monoisotopic (exact) mass is 533 g/mol. The van der Waals surface area contributed by atoms with Gasteiger partial charge in [-0.3, -0.25) is 9.59 Å². The summed E-state index contributed by atoms with van der Waals surface area (Å²) in [5.41, 5.74) is 0. The van der Waals surface area contributed by atoms with Crippen molar-refractivity contribution in [3.05, 3.63) is 24.3 Å². The van der Waals surface area contributed by atoms with Gasteiger partial charge in [0.15, 0.2) is 0 Å². The predicted octanol–water partition coefficient (Wildman–Crippen LogP) is 10.3. The van der Waals surface area contributed by atoms with Crippen LogP contribution in [0.25, 0.3) is 0 Å². The molecule has 0 aromatic carbocycles. The summed E-state index contributed by atoms with van der Waals surface area (Å²) in [5.74, 6) is -1.78. The molecular weight excluding hydrogens is 470 g/mol. The van der Waals surface area contributed by atoms with E-state index in [9.17, 15) is 14.7 Å². The van der Waals surface area contributed by atoms with Gasteiger partial charge in [0.1, 0.15) is 0 Å². The highest BCUT2D eigenvalue weighted by Crippen LogP contribution is 2.12. The van der Waals surface area contributed by atoms with Gasteiger partial charge >= 0.3 is 5.97 Å². The van der Waals surface area contributed by atoms with Gasteiger partial charge < -0.3 is 10.4 Å². The molecule has 222 valence electrons. The van der Waals surface area contributed by atoms with Gasteiger partial charge in [-0.2, -0.15) is 0 Å². The summed E-state index contributed by atoms with van der Waals surface area (Å²) in [7, 11) is 0. The van der Waals surface area contributed by atoms with E-state index in [1.807, 2.05) is 6.08 Å². The number of unbranched alkanes of at least 4 members (excludes halogenated alkanes) is 20. The number of hydrogen-bond donors (Lipinski definition) is 2. The second kappa shape index (κ2) is 30.0. The topological polar surface area (TPSA) is 66.4 Å². The van der Waals surface area contributed by atoms with Crippen LogP contribution in [0.5, 0.6) is 0 Å². The standard InChI is InChI=1S/C34H63NO3/c1-3-5-7-9-11-13-15-16-17-18-19-20-22-24-26-28-30-35-33(36)31-32(34(37)38)29-27-25-23-21-14-12-10-8-6-4-2/h16-17,27,29,32H,3-15,18-26,28,30-31H2,1-2H3,(H,35,36)(H,37,38)/b17-16+,29-27+. The number of allylic oxidation sites excluding steroid dienone is 3. The number of aliphatic carboxylic acids is 1. The lowest BCUT2D eigenvalue weighted by molar-refractivity contribution is -0.142. The molecule has 0 aromatic heterocycles. The van der Waals surface area contributed by atoms with Gasteiger partial charge in [-0.15, -0.1) is 0 Å². The number of carbonyl (C=O) groups excluding carboxylic acids is 1. The minimum Gasteiger partial charge on any atom is -0.481 e. The molecule has 0 bridgehead atoms. The maximum atomic E-state index is 12.2. The molecule has 0 aromatic rings. The minimum absolute atomic E-state index is 0.0373. The Bertz CT molecular complexity index is 584. The van der Waals surface area contributed by atoms with E-state index in [1.54, 1.807) is 6.08 Å². The average Bonchev–Trinajstić information content (AvgIpc) is 2.90. The van der Waals surface area contributed by atoms with Crippen molar-refractivity contribution in [2.45, 2.75) is 168 Å². The van der Waals surface area contributed by atoms with Crippen LogP contribution in [0.3, 0.4) is 0 Å². The van der Waals surface area contributed by atoms with E-state index in [0.717, 1.165) is 25.7 Å². The fraction of sp³-hybridized carbons (Fsp3) is 0.824. The molecule has 38 heavy (non-hydrogen) atoms. The lowest BCUT2D eigenvalue weighted by Crippen LogP contribution is -2.28. The molecule has 0 heterocycles. The molecule has 1 unspecified atom stereocenters. The lowest BCUT2D eigenvalue weighted by atomic mass is 10.0. The van der Waals surface area contributed by atoms with Crippen molar-refractivity contribution in [1.82, 2.24) is 5.32 Å². The van der Waals surface area contributed by atoms with E-state index in [0.29, 0.717) is 6.54 Å². The quantitative estimate of drug-likeness (QED) is 0.0742. The first-order chi connectivity index (χ1) is 18.6. The number of rotatable bonds is 29. The van der Waals surface area contributed by atoms with Gasteiger partial charge in [0.2, 0.25) is 5.91 Å². The van der Waals surface area contributed by atoms with Crippen molar-refractivity contribution in [2.75, 3.05) is 6.54 Å². The third-order valence-electron chi connectivity index (χ3n) is 7.33. The van der Waals surface area contributed by atoms with E-state index in [4.69, 9.17) is 0 Å². The van der Waals surface area contributed by atoms with Crippen LogP contribution in [0.15, 0.2) is 24.3 Å². The van der Waals surface area contributed by atoms with E-state index in [-0.39, 0.29) is 12.3 Å². The van der Waals surface area contributed by atoms with Crippen molar-refractivity contribution in [1.29, 1.82) is 0 Å². The van der Waals surface area contributed by atoms with E-state index in [1.165, 1.54) is 122 Å². The van der Waals surface area contributed by atoms with Gasteiger partial charge in [-0.25, -0.2) is 0 Å². The summed E-state index contributed by atoms with van der Waals surface area (Å²) in [6, 6.07) is 0. The Labute approximate surface area is 236 Å². The highest BCUT2D eigenvalue weighted by molar-refractivity contribution is 5.83. The van der Waals surface area contributed by atoms with Crippen molar-refractivity contribution in [3.63, 3.8) is 0 Å². The summed E-state index contributed by atoms with van der Waals surface area (Å²) in [6.07, 6.45) is 37.2. The zero-order valence-corrected chi connectivity index (χ0v) is 25.3. The first kappa shape index (κ1) is 36.4. The van der Waals surface area contributed by atoms with E-state index >= 15 is 0 Å². The maximum absolute atomic E-state index is 12.2. The van der Waals surface area contributed by atoms with Gasteiger partial charge in [-0.05, 0) is 44.9 Å². The Morgan fingerprint density at radius 2 is 0.974 bits per heavy atom. The molecule has 0 aliphatic rings. The van der Waals surface area contributed by atoms with Crippen molar-refractivity contribution in [2.24, 2.45) is 5.92 Å². The van der Waals surface area contributed by atoms with Crippen LogP contribution in [0, 0.1) is 5.92 Å². The molecule has 4 heteroatoms. The van der Waals surface area contributed by atoms with Crippen molar-refractivity contribution >= 4 is 11.9 Å². The normalized spacial score (nSPS) is 12.5. The zero-order chi connectivity index (χ0) is 27.9. The summed E-state index contributed by atoms with van der Waals surface area (Å²) < 4.78 is 0. The molecule has 1 amide bonds. The van der Waals surface area contributed by atoms with Gasteiger partial charge in [0, 0.05) is 13.0 Å². The van der Waals surface area contributed by atoms with Crippen molar-refractivity contribution in [3.8, 4) is 0 Å². The molecule has 0 saturated carbocycles. The fourth-order valence-corrected chi connectivity index (χ4v) is 4.77. The Morgan fingerprint density at radius 1 is 0.579 bits per heavy atom. The number of carbonyl (C=O) groups is 2. The van der Waals surface area contributed by atoms with Gasteiger partial charge in [0.25, 0.3) is 0 Å². The zero-order valence-electron chi connectivity index (χ0n) is 25.3. The third-order valence-corrected chi connectivity index (χ3v) is 7.33. The van der Waals surface area contributed by atoms with Crippen LogP contribution in [-0.4, -0.2) is 23.5 Å². The number of hydrogen-bond acceptors (Lipinski definition) is 2. The van der Waals surface area contributed by atoms with Crippen LogP contribution < -0.4 is 5.32 Å². The predicted molar refractivity (Wildman–Crippen MR) is 165 cm³/mol. The second-order valence-corrected chi connectivity index (χ2v) is 11.1. The van der Waals surface area contributed by atoms with Crippen molar-refractivity contribution < 1.29 is 14.7 Å². The number of carboxylic acids is 1. The van der Waals surface area contributed by atoms with Gasteiger partial charge in [-0.1, -0.05) is 141 Å². The number of amides is 1. The summed E-state index contributed by atoms with van der Waals surface area (Å²) in [5, 5.41) is 12.4. The first-order valence-corrected chi connectivity index (χ1v) is 16.4. The largest absolute Gasteiger partial charge is 0.481 e. The van der Waals surface area contributed by atoms with Crippen LogP contribution in [0.4, 0.5) is 0 Å². The summed E-state index contributed by atoms with van der Waals surface area (Å²) in [4.78, 5) is 23.7. The van der Waals surface area contributed by atoms with Crippen LogP contribution >= 0.6 is 0 Å². The Kier molecular flexibility index (Phi) is 28.7. The highest BCUT2D eigenvalue weighted by Gasteiger charge is 2.17. The smallest absolute Gasteiger partial charge is 0.310 e. The highest BCUT2D eigenvalue weighted by atomic mass is 16.4. The molecule has 0 spiro atoms. The average molecular weight is 534 g/mol. The SMILES string of the molecule is CCCCCCCC/C=C/CCCCCCCCNC(=O)CC(/C=C/CCCCCCCCCC)C(=O)O. The molecular formula is C34H63NO3. The summed E-state index contributed by atoms with van der Waals surface area (Å²) >= 11 is 0. The molecule has 1 atom stereocenters. The van der Waals surface area contributed by atoms with Crippen LogP contribution in [0.1, 0.15) is 168 Å². The third kappa shape index (κ3) is 27.5. The number of carboxylic acid groups (broad SMARTS) is 1. The molecule has 0 saturated heterocycles. The molecule has 0 radical (unpaired) electrons. The Morgan fingerprint density at radius 3 is 1.42 bits per heavy atom. The molecule has 0 fully saturated rings. The van der Waals surface area contributed by atoms with Crippen LogP contribution in [0.2, 0.25) is 0 Å². The Hall–Kier alpha value is -1.58. The molecule has 0 rings (SSSR count). The number of nitrogens with one attached hydrogen (secondary N) is 1.